The second-order valence-corrected chi connectivity index (χ2v) is 16.7. The molecule has 0 spiro atoms. The third kappa shape index (κ3) is 3.52. The van der Waals surface area contributed by atoms with Crippen LogP contribution in [-0.4, -0.2) is 17.4 Å². The first-order valence-electron chi connectivity index (χ1n) is 5.84. The Morgan fingerprint density at radius 3 is 0.750 bits per heavy atom. The molecule has 0 heterocycles. The van der Waals surface area contributed by atoms with Gasteiger partial charge in [-0.25, -0.2) is 0 Å². The summed E-state index contributed by atoms with van der Waals surface area (Å²) in [5.41, 5.74) is 0. The van der Waals surface area contributed by atoms with Crippen LogP contribution in [-0.2, 0) is 0 Å². The van der Waals surface area contributed by atoms with Gasteiger partial charge in [0.1, 0.15) is 0 Å². The van der Waals surface area contributed by atoms with E-state index in [0.717, 1.165) is 0 Å². The van der Waals surface area contributed by atoms with Gasteiger partial charge in [-0.2, -0.15) is 0 Å². The number of rotatable bonds is 5. The van der Waals surface area contributed by atoms with Gasteiger partial charge in [-0.3, -0.25) is 0 Å². The molecule has 0 aromatic rings. The van der Waals surface area contributed by atoms with Gasteiger partial charge in [0.15, 0.2) is 0 Å². The van der Waals surface area contributed by atoms with Gasteiger partial charge in [-0.15, -0.1) is 0 Å². The van der Waals surface area contributed by atoms with Gasteiger partial charge in [0.25, 0.3) is 0 Å². The molecule has 90 valence electrons. The summed E-state index contributed by atoms with van der Waals surface area (Å²) in [5.74, 6) is 0. The van der Waals surface area contributed by atoms with Crippen LogP contribution in [0.15, 0.2) is 50.5 Å². The van der Waals surface area contributed by atoms with Crippen molar-refractivity contribution in [3.05, 3.63) is 50.5 Å². The molecule has 0 aliphatic carbocycles. The molecule has 0 aromatic carbocycles. The van der Waals surface area contributed by atoms with E-state index in [0.29, 0.717) is 0 Å². The first-order chi connectivity index (χ1) is 7.62. The number of hydrogen-bond acceptors (Lipinski definition) is 0. The SMILES string of the molecule is C/C=[CH]\[Sb](/[CH]=C\C)(/[CH]=C\C)(/[CH]=C\C)/[CH]=C\C. The van der Waals surface area contributed by atoms with E-state index in [2.05, 4.69) is 85.1 Å². The molecule has 1 heteroatoms. The van der Waals surface area contributed by atoms with Gasteiger partial charge in [0.05, 0.1) is 0 Å². The van der Waals surface area contributed by atoms with Crippen LogP contribution in [0.1, 0.15) is 34.6 Å². The van der Waals surface area contributed by atoms with Crippen LogP contribution in [0, 0.1) is 0 Å². The van der Waals surface area contributed by atoms with Crippen molar-refractivity contribution in [2.24, 2.45) is 0 Å². The fourth-order valence-corrected chi connectivity index (χ4v) is 14.9. The molecule has 0 aromatic heterocycles. The van der Waals surface area contributed by atoms with Crippen LogP contribution >= 0.6 is 0 Å². The fourth-order valence-electron chi connectivity index (χ4n) is 2.22. The Morgan fingerprint density at radius 2 is 0.625 bits per heavy atom. The zero-order valence-electron chi connectivity index (χ0n) is 11.2. The van der Waals surface area contributed by atoms with Gasteiger partial charge in [-0.1, -0.05) is 0 Å². The Bertz CT molecular complexity index is 253. The average molecular weight is 327 g/mol. The fraction of sp³-hybridized carbons (Fsp3) is 0.333. The molecular formula is C15H25Sb. The molecule has 16 heavy (non-hydrogen) atoms. The normalized spacial score (nSPS) is 17.2. The van der Waals surface area contributed by atoms with Crippen molar-refractivity contribution in [3.8, 4) is 0 Å². The molecule has 0 unspecified atom stereocenters. The van der Waals surface area contributed by atoms with Crippen molar-refractivity contribution in [1.82, 2.24) is 0 Å². The molecule has 0 radical (unpaired) electrons. The Morgan fingerprint density at radius 1 is 0.438 bits per heavy atom. The van der Waals surface area contributed by atoms with Gasteiger partial charge in [-0.05, 0) is 0 Å². The molecular weight excluding hydrogens is 302 g/mol. The molecule has 0 atom stereocenters. The van der Waals surface area contributed by atoms with E-state index in [-0.39, 0.29) is 0 Å². The summed E-state index contributed by atoms with van der Waals surface area (Å²) in [5, 5.41) is 0. The zero-order chi connectivity index (χ0) is 12.5. The predicted molar refractivity (Wildman–Crippen MR) is 79.8 cm³/mol. The van der Waals surface area contributed by atoms with Crippen molar-refractivity contribution in [1.29, 1.82) is 0 Å². The first-order valence-corrected chi connectivity index (χ1v) is 13.2. The summed E-state index contributed by atoms with van der Waals surface area (Å²) < 4.78 is 12.0. The van der Waals surface area contributed by atoms with E-state index in [1.807, 2.05) is 0 Å². The minimum atomic E-state index is -3.11. The van der Waals surface area contributed by atoms with Crippen LogP contribution in [0.5, 0.6) is 0 Å². The van der Waals surface area contributed by atoms with E-state index >= 15 is 0 Å². The van der Waals surface area contributed by atoms with Crippen LogP contribution in [0.3, 0.4) is 0 Å². The molecule has 0 aliphatic heterocycles. The molecule has 0 saturated carbocycles. The Hall–Kier alpha value is -0.482. The second kappa shape index (κ2) is 6.96. The molecule has 0 rings (SSSR count). The van der Waals surface area contributed by atoms with Crippen LogP contribution in [0.25, 0.3) is 0 Å². The summed E-state index contributed by atoms with van der Waals surface area (Å²) in [6, 6.07) is 0. The summed E-state index contributed by atoms with van der Waals surface area (Å²) in [6.07, 6.45) is 10.9. The molecule has 0 N–H and O–H groups in total. The van der Waals surface area contributed by atoms with Crippen LogP contribution < -0.4 is 0 Å². The summed E-state index contributed by atoms with van der Waals surface area (Å²) in [6.45, 7) is 10.5. The van der Waals surface area contributed by atoms with Crippen LogP contribution in [0.4, 0.5) is 0 Å². The minimum absolute atomic E-state index is 2.10. The van der Waals surface area contributed by atoms with Gasteiger partial charge in [0, 0.05) is 0 Å². The molecule has 0 aliphatic rings. The van der Waals surface area contributed by atoms with E-state index < -0.39 is 17.4 Å². The van der Waals surface area contributed by atoms with Crippen molar-refractivity contribution >= 4 is 17.4 Å². The van der Waals surface area contributed by atoms with E-state index in [1.54, 1.807) is 0 Å². The van der Waals surface area contributed by atoms with Crippen molar-refractivity contribution in [3.63, 3.8) is 0 Å². The summed E-state index contributed by atoms with van der Waals surface area (Å²) >= 11 is -3.11. The van der Waals surface area contributed by atoms with E-state index in [1.165, 1.54) is 0 Å². The Kier molecular flexibility index (Phi) is 6.75. The zero-order valence-corrected chi connectivity index (χ0v) is 13.8. The molecule has 0 fully saturated rings. The van der Waals surface area contributed by atoms with Gasteiger partial charge < -0.3 is 0 Å². The van der Waals surface area contributed by atoms with Crippen molar-refractivity contribution in [2.45, 2.75) is 34.6 Å². The molecule has 0 bridgehead atoms. The van der Waals surface area contributed by atoms with Crippen molar-refractivity contribution in [2.75, 3.05) is 0 Å². The average Bonchev–Trinajstić information content (AvgIpc) is 2.19. The maximum absolute atomic E-state index is 3.11. The Balaban J connectivity index is 6.09. The number of hydrogen-bond donors (Lipinski definition) is 0. The summed E-state index contributed by atoms with van der Waals surface area (Å²) in [7, 11) is 0. The molecule has 0 nitrogen and oxygen atoms in total. The second-order valence-electron chi connectivity index (χ2n) is 3.90. The van der Waals surface area contributed by atoms with E-state index in [4.69, 9.17) is 0 Å². The monoisotopic (exact) mass is 326 g/mol. The third-order valence-corrected chi connectivity index (χ3v) is 16.5. The molecule has 0 amide bonds. The Labute approximate surface area is 102 Å². The topological polar surface area (TPSA) is 0 Å². The summed E-state index contributed by atoms with van der Waals surface area (Å²) in [4.78, 5) is 0. The van der Waals surface area contributed by atoms with E-state index in [9.17, 15) is 0 Å². The van der Waals surface area contributed by atoms with Crippen molar-refractivity contribution < 1.29 is 0 Å². The third-order valence-electron chi connectivity index (χ3n) is 2.47. The van der Waals surface area contributed by atoms with Crippen LogP contribution in [0.2, 0.25) is 0 Å². The maximum atomic E-state index is 2.41. The van der Waals surface area contributed by atoms with Gasteiger partial charge in [0.2, 0.25) is 0 Å². The number of allylic oxidation sites excluding steroid dienone is 5. The predicted octanol–water partition coefficient (Wildman–Crippen LogP) is 4.97. The molecule has 0 saturated heterocycles. The quantitative estimate of drug-likeness (QED) is 0.626. The standard InChI is InChI=1S/5C3H5.Sb/c5*1-3-2;/h5*1,3H,2H3;. The first kappa shape index (κ1) is 15.5. The van der Waals surface area contributed by atoms with Gasteiger partial charge >= 0.3 is 103 Å².